The molecule has 5 nitrogen and oxygen atoms in total. The van der Waals surface area contributed by atoms with Gasteiger partial charge in [0.2, 0.25) is 5.91 Å². The Balaban J connectivity index is 1.72. The number of benzene rings is 2. The standard InChI is InChI=1S/C22H24N2O3/c1-26-18-10-11-21(27-2)19(14-18)20-4-3-13-24(20)22(25)12-9-16-5-7-17(15-23)8-6-16/h5-8,10-11,14,20H,3-4,9,12-13H2,1-2H3/t20-/m0/s1. The Bertz CT molecular complexity index is 840. The molecule has 1 aliphatic rings. The summed E-state index contributed by atoms with van der Waals surface area (Å²) < 4.78 is 10.9. The molecule has 2 aromatic rings. The third kappa shape index (κ3) is 4.22. The molecule has 1 saturated heterocycles. The van der Waals surface area contributed by atoms with Gasteiger partial charge in [0.05, 0.1) is 31.9 Å². The number of hydrogen-bond acceptors (Lipinski definition) is 4. The van der Waals surface area contributed by atoms with Crippen LogP contribution in [0.2, 0.25) is 0 Å². The van der Waals surface area contributed by atoms with Gasteiger partial charge < -0.3 is 14.4 Å². The number of ether oxygens (including phenoxy) is 2. The first-order valence-electron chi connectivity index (χ1n) is 9.16. The lowest BCUT2D eigenvalue weighted by Crippen LogP contribution is -2.31. The zero-order valence-corrected chi connectivity index (χ0v) is 15.8. The van der Waals surface area contributed by atoms with Crippen molar-refractivity contribution >= 4 is 5.91 Å². The molecule has 1 atom stereocenters. The van der Waals surface area contributed by atoms with Crippen LogP contribution >= 0.6 is 0 Å². The number of carbonyl (C=O) groups excluding carboxylic acids is 1. The maximum absolute atomic E-state index is 12.9. The fourth-order valence-corrected chi connectivity index (χ4v) is 3.63. The van der Waals surface area contributed by atoms with Crippen molar-refractivity contribution in [1.82, 2.24) is 4.90 Å². The van der Waals surface area contributed by atoms with Crippen LogP contribution in [0, 0.1) is 11.3 Å². The zero-order valence-electron chi connectivity index (χ0n) is 15.8. The second kappa shape index (κ2) is 8.59. The van der Waals surface area contributed by atoms with Gasteiger partial charge in [-0.05, 0) is 55.2 Å². The van der Waals surface area contributed by atoms with E-state index in [9.17, 15) is 4.79 Å². The lowest BCUT2D eigenvalue weighted by Gasteiger charge is -2.27. The van der Waals surface area contributed by atoms with E-state index in [1.807, 2.05) is 35.2 Å². The van der Waals surface area contributed by atoms with Crippen LogP contribution in [0.15, 0.2) is 42.5 Å². The summed E-state index contributed by atoms with van der Waals surface area (Å²) in [5.41, 5.74) is 2.70. The molecule has 0 unspecified atom stereocenters. The highest BCUT2D eigenvalue weighted by Gasteiger charge is 2.31. The summed E-state index contributed by atoms with van der Waals surface area (Å²) >= 11 is 0. The Labute approximate surface area is 160 Å². The van der Waals surface area contributed by atoms with Crippen molar-refractivity contribution < 1.29 is 14.3 Å². The second-order valence-corrected chi connectivity index (χ2v) is 6.66. The largest absolute Gasteiger partial charge is 0.497 e. The van der Waals surface area contributed by atoms with E-state index in [0.717, 1.165) is 42.0 Å². The van der Waals surface area contributed by atoms with Crippen LogP contribution in [0.25, 0.3) is 0 Å². The summed E-state index contributed by atoms with van der Waals surface area (Å²) in [6.45, 7) is 0.761. The number of methoxy groups -OCH3 is 2. The van der Waals surface area contributed by atoms with Crippen molar-refractivity contribution in [1.29, 1.82) is 5.26 Å². The van der Waals surface area contributed by atoms with Gasteiger partial charge in [0.15, 0.2) is 0 Å². The molecule has 27 heavy (non-hydrogen) atoms. The van der Waals surface area contributed by atoms with Crippen molar-refractivity contribution in [3.05, 3.63) is 59.2 Å². The number of carbonyl (C=O) groups is 1. The van der Waals surface area contributed by atoms with E-state index < -0.39 is 0 Å². The fraction of sp³-hybridized carbons (Fsp3) is 0.364. The van der Waals surface area contributed by atoms with Crippen LogP contribution in [0.4, 0.5) is 0 Å². The van der Waals surface area contributed by atoms with Crippen LogP contribution in [-0.4, -0.2) is 31.6 Å². The normalized spacial score (nSPS) is 16.0. The highest BCUT2D eigenvalue weighted by atomic mass is 16.5. The third-order valence-corrected chi connectivity index (χ3v) is 5.08. The summed E-state index contributed by atoms with van der Waals surface area (Å²) in [6.07, 6.45) is 3.03. The van der Waals surface area contributed by atoms with E-state index in [2.05, 4.69) is 6.07 Å². The molecule has 1 aliphatic heterocycles. The number of nitrogens with zero attached hydrogens (tertiary/aromatic N) is 2. The number of amides is 1. The molecule has 0 saturated carbocycles. The molecule has 140 valence electrons. The van der Waals surface area contributed by atoms with Gasteiger partial charge in [-0.2, -0.15) is 5.26 Å². The Hall–Kier alpha value is -3.00. The number of hydrogen-bond donors (Lipinski definition) is 0. The number of nitriles is 1. The van der Waals surface area contributed by atoms with Crippen molar-refractivity contribution in [3.8, 4) is 17.6 Å². The fourth-order valence-electron chi connectivity index (χ4n) is 3.63. The van der Waals surface area contributed by atoms with Crippen LogP contribution in [-0.2, 0) is 11.2 Å². The van der Waals surface area contributed by atoms with Crippen molar-refractivity contribution in [3.63, 3.8) is 0 Å². The SMILES string of the molecule is COc1ccc(OC)c([C@@H]2CCCN2C(=O)CCc2ccc(C#N)cc2)c1. The van der Waals surface area contributed by atoms with Gasteiger partial charge in [-0.25, -0.2) is 0 Å². The zero-order chi connectivity index (χ0) is 19.2. The van der Waals surface area contributed by atoms with Crippen LogP contribution < -0.4 is 9.47 Å². The quantitative estimate of drug-likeness (QED) is 0.780. The minimum absolute atomic E-state index is 0.0171. The van der Waals surface area contributed by atoms with Gasteiger partial charge in [-0.15, -0.1) is 0 Å². The molecule has 0 spiro atoms. The Morgan fingerprint density at radius 2 is 1.96 bits per heavy atom. The van der Waals surface area contributed by atoms with Crippen LogP contribution in [0.3, 0.4) is 0 Å². The maximum atomic E-state index is 12.9. The molecular formula is C22H24N2O3. The van der Waals surface area contributed by atoms with E-state index in [1.165, 1.54) is 0 Å². The summed E-state index contributed by atoms with van der Waals surface area (Å²) in [6, 6.07) is 15.3. The van der Waals surface area contributed by atoms with E-state index in [4.69, 9.17) is 14.7 Å². The van der Waals surface area contributed by atoms with Crippen LogP contribution in [0.1, 0.15) is 42.0 Å². The average molecular weight is 364 g/mol. The van der Waals surface area contributed by atoms with Gasteiger partial charge in [0.1, 0.15) is 11.5 Å². The van der Waals surface area contributed by atoms with Gasteiger partial charge in [0.25, 0.3) is 0 Å². The smallest absolute Gasteiger partial charge is 0.223 e. The Morgan fingerprint density at radius 1 is 1.19 bits per heavy atom. The van der Waals surface area contributed by atoms with E-state index in [-0.39, 0.29) is 11.9 Å². The van der Waals surface area contributed by atoms with Crippen molar-refractivity contribution in [2.75, 3.05) is 20.8 Å². The number of aryl methyl sites for hydroxylation is 1. The van der Waals surface area contributed by atoms with Crippen molar-refractivity contribution in [2.24, 2.45) is 0 Å². The summed E-state index contributed by atoms with van der Waals surface area (Å²) in [7, 11) is 3.29. The minimum atomic E-state index is 0.0171. The van der Waals surface area contributed by atoms with E-state index >= 15 is 0 Å². The molecule has 0 bridgehead atoms. The first kappa shape index (κ1) is 18.8. The van der Waals surface area contributed by atoms with Gasteiger partial charge in [0, 0.05) is 18.5 Å². The van der Waals surface area contributed by atoms with Gasteiger partial charge in [-0.1, -0.05) is 12.1 Å². The Morgan fingerprint density at radius 3 is 2.63 bits per heavy atom. The molecule has 1 amide bonds. The van der Waals surface area contributed by atoms with Crippen molar-refractivity contribution in [2.45, 2.75) is 31.7 Å². The monoisotopic (exact) mass is 364 g/mol. The predicted octanol–water partition coefficient (Wildman–Crippen LogP) is 3.87. The first-order valence-corrected chi connectivity index (χ1v) is 9.16. The van der Waals surface area contributed by atoms with Crippen LogP contribution in [0.5, 0.6) is 11.5 Å². The lowest BCUT2D eigenvalue weighted by molar-refractivity contribution is -0.132. The molecule has 0 N–H and O–H groups in total. The average Bonchev–Trinajstić information content (AvgIpc) is 3.21. The number of rotatable bonds is 6. The molecule has 1 heterocycles. The summed E-state index contributed by atoms with van der Waals surface area (Å²) in [5, 5.41) is 8.88. The number of likely N-dealkylation sites (tertiary alicyclic amines) is 1. The molecule has 3 rings (SSSR count). The highest BCUT2D eigenvalue weighted by molar-refractivity contribution is 5.77. The molecule has 1 fully saturated rings. The summed E-state index contributed by atoms with van der Waals surface area (Å²) in [5.74, 6) is 1.70. The van der Waals surface area contributed by atoms with Gasteiger partial charge in [-0.3, -0.25) is 4.79 Å². The van der Waals surface area contributed by atoms with E-state index in [1.54, 1.807) is 26.4 Å². The molecule has 0 aromatic heterocycles. The molecular weight excluding hydrogens is 340 g/mol. The topological polar surface area (TPSA) is 62.6 Å². The third-order valence-electron chi connectivity index (χ3n) is 5.08. The molecule has 0 radical (unpaired) electrons. The maximum Gasteiger partial charge on any atom is 0.223 e. The highest BCUT2D eigenvalue weighted by Crippen LogP contribution is 2.39. The summed E-state index contributed by atoms with van der Waals surface area (Å²) in [4.78, 5) is 14.8. The molecule has 0 aliphatic carbocycles. The van der Waals surface area contributed by atoms with Gasteiger partial charge >= 0.3 is 0 Å². The molecule has 2 aromatic carbocycles. The lowest BCUT2D eigenvalue weighted by atomic mass is 10.0. The second-order valence-electron chi connectivity index (χ2n) is 6.66. The predicted molar refractivity (Wildman–Crippen MR) is 103 cm³/mol. The first-order chi connectivity index (χ1) is 13.2. The minimum Gasteiger partial charge on any atom is -0.497 e. The molecule has 5 heteroatoms. The van der Waals surface area contributed by atoms with E-state index in [0.29, 0.717) is 18.4 Å². The Kier molecular flexibility index (Phi) is 5.97.